The van der Waals surface area contributed by atoms with Crippen molar-refractivity contribution in [3.05, 3.63) is 57.6 Å². The lowest BCUT2D eigenvalue weighted by Crippen LogP contribution is -2.14. The number of aryl methyl sites for hydroxylation is 1. The van der Waals surface area contributed by atoms with E-state index in [1.54, 1.807) is 32.0 Å². The average molecular weight is 344 g/mol. The van der Waals surface area contributed by atoms with E-state index in [-0.39, 0.29) is 17.1 Å². The van der Waals surface area contributed by atoms with E-state index in [1.807, 2.05) is 13.0 Å². The minimum atomic E-state index is -0.565. The van der Waals surface area contributed by atoms with Gasteiger partial charge in [0.1, 0.15) is 5.69 Å². The van der Waals surface area contributed by atoms with Gasteiger partial charge >= 0.3 is 0 Å². The highest BCUT2D eigenvalue weighted by molar-refractivity contribution is 6.05. The number of nitrogens with one attached hydrogen (secondary N) is 1. The average Bonchev–Trinajstić information content (AvgIpc) is 2.57. The summed E-state index contributed by atoms with van der Waals surface area (Å²) in [4.78, 5) is 23.2. The Hall–Kier alpha value is -3.09. The van der Waals surface area contributed by atoms with Gasteiger partial charge in [-0.15, -0.1) is 0 Å². The first-order valence-electron chi connectivity index (χ1n) is 7.92. The van der Waals surface area contributed by atoms with Gasteiger partial charge in [-0.25, -0.2) is 0 Å². The van der Waals surface area contributed by atoms with E-state index >= 15 is 0 Å². The zero-order chi connectivity index (χ0) is 18.4. The molecule has 0 unspecified atom stereocenters. The van der Waals surface area contributed by atoms with Crippen LogP contribution >= 0.6 is 0 Å². The highest BCUT2D eigenvalue weighted by Gasteiger charge is 2.22. The molecule has 2 rings (SSSR count). The van der Waals surface area contributed by atoms with Crippen molar-refractivity contribution in [3.8, 4) is 11.5 Å². The first-order valence-corrected chi connectivity index (χ1v) is 7.92. The van der Waals surface area contributed by atoms with Gasteiger partial charge in [-0.3, -0.25) is 14.9 Å². The molecule has 0 atom stereocenters. The summed E-state index contributed by atoms with van der Waals surface area (Å²) in [5.74, 6) is 0.178. The van der Waals surface area contributed by atoms with Crippen LogP contribution in [0, 0.1) is 17.0 Å². The maximum absolute atomic E-state index is 12.4. The van der Waals surface area contributed by atoms with Crippen molar-refractivity contribution in [1.82, 2.24) is 0 Å². The largest absolute Gasteiger partial charge is 0.490 e. The lowest BCUT2D eigenvalue weighted by molar-refractivity contribution is -0.384. The summed E-state index contributed by atoms with van der Waals surface area (Å²) in [6, 6.07) is 9.65. The van der Waals surface area contributed by atoms with Crippen LogP contribution in [0.15, 0.2) is 36.4 Å². The molecule has 0 saturated heterocycles. The molecular weight excluding hydrogens is 324 g/mol. The predicted octanol–water partition coefficient (Wildman–Crippen LogP) is 3.95. The third-order valence-corrected chi connectivity index (χ3v) is 3.39. The number of nitro benzene ring substituents is 1. The Bertz CT molecular complexity index is 789. The SMILES string of the molecule is CCOc1cc(NC(=O)c2cccc(C)c2)c([N+](=O)[O-])cc1OCC. The van der Waals surface area contributed by atoms with Crippen LogP contribution in [0.1, 0.15) is 29.8 Å². The normalized spacial score (nSPS) is 10.2. The Morgan fingerprint density at radius 1 is 1.12 bits per heavy atom. The van der Waals surface area contributed by atoms with Crippen LogP contribution in [0.3, 0.4) is 0 Å². The van der Waals surface area contributed by atoms with Crippen LogP contribution in [0.2, 0.25) is 0 Å². The molecule has 0 aromatic heterocycles. The first kappa shape index (κ1) is 18.3. The molecule has 0 saturated carbocycles. The Morgan fingerprint density at radius 3 is 2.32 bits per heavy atom. The van der Waals surface area contributed by atoms with Crippen LogP contribution in [0.4, 0.5) is 11.4 Å². The van der Waals surface area contributed by atoms with Gasteiger partial charge in [-0.2, -0.15) is 0 Å². The third-order valence-electron chi connectivity index (χ3n) is 3.39. The fourth-order valence-electron chi connectivity index (χ4n) is 2.32. The van der Waals surface area contributed by atoms with E-state index in [1.165, 1.54) is 12.1 Å². The second kappa shape index (κ2) is 8.14. The fourth-order valence-corrected chi connectivity index (χ4v) is 2.32. The topological polar surface area (TPSA) is 90.7 Å². The Kier molecular flexibility index (Phi) is 5.94. The molecule has 0 aliphatic heterocycles. The van der Waals surface area contributed by atoms with Gasteiger partial charge < -0.3 is 14.8 Å². The van der Waals surface area contributed by atoms with Crippen molar-refractivity contribution >= 4 is 17.3 Å². The van der Waals surface area contributed by atoms with E-state index < -0.39 is 10.8 Å². The molecule has 0 fully saturated rings. The molecule has 1 N–H and O–H groups in total. The molecule has 7 heteroatoms. The first-order chi connectivity index (χ1) is 12.0. The number of nitro groups is 1. The summed E-state index contributed by atoms with van der Waals surface area (Å²) in [6.07, 6.45) is 0. The monoisotopic (exact) mass is 344 g/mol. The van der Waals surface area contributed by atoms with Gasteiger partial charge in [-0.05, 0) is 32.9 Å². The van der Waals surface area contributed by atoms with Crippen LogP contribution in [-0.4, -0.2) is 24.0 Å². The number of ether oxygens (including phenoxy) is 2. The molecule has 0 bridgehead atoms. The van der Waals surface area contributed by atoms with E-state index in [4.69, 9.17) is 9.47 Å². The van der Waals surface area contributed by atoms with Crippen molar-refractivity contribution < 1.29 is 19.2 Å². The maximum atomic E-state index is 12.4. The van der Waals surface area contributed by atoms with Gasteiger partial charge in [0, 0.05) is 11.6 Å². The number of anilines is 1. The molecular formula is C18H20N2O5. The van der Waals surface area contributed by atoms with Crippen molar-refractivity contribution in [2.75, 3.05) is 18.5 Å². The molecule has 0 heterocycles. The molecule has 0 spiro atoms. The highest BCUT2D eigenvalue weighted by atomic mass is 16.6. The van der Waals surface area contributed by atoms with Gasteiger partial charge in [0.15, 0.2) is 11.5 Å². The number of nitrogens with zero attached hydrogens (tertiary/aromatic N) is 1. The number of carbonyl (C=O) groups is 1. The van der Waals surface area contributed by atoms with E-state index in [9.17, 15) is 14.9 Å². The van der Waals surface area contributed by atoms with Crippen LogP contribution < -0.4 is 14.8 Å². The Labute approximate surface area is 145 Å². The number of rotatable bonds is 7. The molecule has 0 radical (unpaired) electrons. The summed E-state index contributed by atoms with van der Waals surface area (Å²) in [6.45, 7) is 6.13. The number of benzene rings is 2. The summed E-state index contributed by atoms with van der Waals surface area (Å²) < 4.78 is 10.9. The molecule has 132 valence electrons. The van der Waals surface area contributed by atoms with Crippen LogP contribution in [-0.2, 0) is 0 Å². The molecule has 2 aromatic rings. The van der Waals surface area contributed by atoms with Crippen molar-refractivity contribution in [2.45, 2.75) is 20.8 Å². The lowest BCUT2D eigenvalue weighted by Gasteiger charge is -2.13. The summed E-state index contributed by atoms with van der Waals surface area (Å²) in [7, 11) is 0. The van der Waals surface area contributed by atoms with Gasteiger partial charge in [0.2, 0.25) is 0 Å². The van der Waals surface area contributed by atoms with E-state index in [0.29, 0.717) is 24.5 Å². The number of amides is 1. The zero-order valence-electron chi connectivity index (χ0n) is 14.4. The van der Waals surface area contributed by atoms with Gasteiger partial charge in [0.05, 0.1) is 24.2 Å². The molecule has 25 heavy (non-hydrogen) atoms. The van der Waals surface area contributed by atoms with Crippen molar-refractivity contribution in [1.29, 1.82) is 0 Å². The third kappa shape index (κ3) is 4.47. The molecule has 0 aliphatic carbocycles. The number of hydrogen-bond acceptors (Lipinski definition) is 5. The van der Waals surface area contributed by atoms with Crippen LogP contribution in [0.25, 0.3) is 0 Å². The highest BCUT2D eigenvalue weighted by Crippen LogP contribution is 2.38. The number of hydrogen-bond donors (Lipinski definition) is 1. The second-order valence-corrected chi connectivity index (χ2v) is 5.26. The molecule has 1 amide bonds. The molecule has 0 aliphatic rings. The van der Waals surface area contributed by atoms with Crippen molar-refractivity contribution in [3.63, 3.8) is 0 Å². The van der Waals surface area contributed by atoms with Gasteiger partial charge in [-0.1, -0.05) is 17.7 Å². The molecule has 2 aromatic carbocycles. The minimum absolute atomic E-state index is 0.0587. The smallest absolute Gasteiger partial charge is 0.296 e. The second-order valence-electron chi connectivity index (χ2n) is 5.26. The number of carbonyl (C=O) groups excluding carboxylic acids is 1. The molecule has 7 nitrogen and oxygen atoms in total. The zero-order valence-corrected chi connectivity index (χ0v) is 14.4. The van der Waals surface area contributed by atoms with E-state index in [0.717, 1.165) is 5.56 Å². The summed E-state index contributed by atoms with van der Waals surface area (Å²) in [5.41, 5.74) is 1.14. The van der Waals surface area contributed by atoms with E-state index in [2.05, 4.69) is 5.32 Å². The Balaban J connectivity index is 2.42. The Morgan fingerprint density at radius 2 is 1.76 bits per heavy atom. The lowest BCUT2D eigenvalue weighted by atomic mass is 10.1. The standard InChI is InChI=1S/C18H20N2O5/c1-4-24-16-10-14(15(20(22)23)11-17(16)25-5-2)19-18(21)13-8-6-7-12(3)9-13/h6-11H,4-5H2,1-3H3,(H,19,21). The van der Waals surface area contributed by atoms with Crippen molar-refractivity contribution in [2.24, 2.45) is 0 Å². The van der Waals surface area contributed by atoms with Gasteiger partial charge in [0.25, 0.3) is 11.6 Å². The quantitative estimate of drug-likeness (QED) is 0.606. The summed E-state index contributed by atoms with van der Waals surface area (Å²) >= 11 is 0. The fraction of sp³-hybridized carbons (Fsp3) is 0.278. The minimum Gasteiger partial charge on any atom is -0.490 e. The van der Waals surface area contributed by atoms with Crippen LogP contribution in [0.5, 0.6) is 11.5 Å². The predicted molar refractivity (Wildman–Crippen MR) is 94.6 cm³/mol. The summed E-state index contributed by atoms with van der Waals surface area (Å²) in [5, 5.41) is 14.0. The maximum Gasteiger partial charge on any atom is 0.296 e.